The van der Waals surface area contributed by atoms with Gasteiger partial charge in [-0.3, -0.25) is 9.59 Å². The second-order valence-electron chi connectivity index (χ2n) is 7.93. The Morgan fingerprint density at radius 1 is 1.00 bits per heavy atom. The maximum Gasteiger partial charge on any atom is 0.342 e. The van der Waals surface area contributed by atoms with Gasteiger partial charge in [-0.05, 0) is 74.4 Å². The Morgan fingerprint density at radius 3 is 2.54 bits per heavy atom. The summed E-state index contributed by atoms with van der Waals surface area (Å²) in [6.45, 7) is 1.98. The number of aromatic nitrogens is 1. The van der Waals surface area contributed by atoms with Crippen molar-refractivity contribution < 1.29 is 23.9 Å². The average Bonchev–Trinajstić information content (AvgIpc) is 3.68. The molecular formula is C26H26N4O5. The molecule has 0 spiro atoms. The SMILES string of the molecule is CCOc1ccc(Nc2ncccc2C(=O)OCC(=O)Nc2cccc(C(=O)NC3CC3)c2)cc1. The number of nitrogens with zero attached hydrogens (tertiary/aromatic N) is 1. The summed E-state index contributed by atoms with van der Waals surface area (Å²) in [5.74, 6) is -0.364. The maximum absolute atomic E-state index is 12.6. The van der Waals surface area contributed by atoms with Crippen molar-refractivity contribution in [3.63, 3.8) is 0 Å². The van der Waals surface area contributed by atoms with E-state index in [9.17, 15) is 14.4 Å². The minimum absolute atomic E-state index is 0.181. The summed E-state index contributed by atoms with van der Waals surface area (Å²) >= 11 is 0. The van der Waals surface area contributed by atoms with Crippen LogP contribution in [0.3, 0.4) is 0 Å². The van der Waals surface area contributed by atoms with E-state index in [4.69, 9.17) is 9.47 Å². The van der Waals surface area contributed by atoms with Gasteiger partial charge in [-0.15, -0.1) is 0 Å². The molecule has 1 aliphatic rings. The van der Waals surface area contributed by atoms with Crippen LogP contribution in [0, 0.1) is 0 Å². The molecule has 4 rings (SSSR count). The molecule has 35 heavy (non-hydrogen) atoms. The Kier molecular flexibility index (Phi) is 7.57. The fourth-order valence-electron chi connectivity index (χ4n) is 3.25. The molecule has 9 nitrogen and oxygen atoms in total. The molecule has 0 bridgehead atoms. The number of hydrogen-bond acceptors (Lipinski definition) is 7. The molecule has 3 aromatic rings. The highest BCUT2D eigenvalue weighted by atomic mass is 16.5. The van der Waals surface area contributed by atoms with Crippen LogP contribution in [0.2, 0.25) is 0 Å². The van der Waals surface area contributed by atoms with Crippen LogP contribution in [-0.2, 0) is 9.53 Å². The number of carbonyl (C=O) groups is 3. The van der Waals surface area contributed by atoms with E-state index in [1.807, 2.05) is 19.1 Å². The minimum Gasteiger partial charge on any atom is -0.494 e. The number of pyridine rings is 1. The van der Waals surface area contributed by atoms with E-state index in [0.717, 1.165) is 18.6 Å². The normalized spacial score (nSPS) is 12.4. The molecule has 0 unspecified atom stereocenters. The molecule has 1 aliphatic carbocycles. The van der Waals surface area contributed by atoms with E-state index in [-0.39, 0.29) is 17.5 Å². The fraction of sp³-hybridized carbons (Fsp3) is 0.231. The third-order valence-corrected chi connectivity index (χ3v) is 5.11. The lowest BCUT2D eigenvalue weighted by Gasteiger charge is -2.12. The summed E-state index contributed by atoms with van der Waals surface area (Å²) in [4.78, 5) is 41.4. The maximum atomic E-state index is 12.6. The third kappa shape index (κ3) is 6.80. The van der Waals surface area contributed by atoms with Crippen LogP contribution in [0.1, 0.15) is 40.5 Å². The highest BCUT2D eigenvalue weighted by Crippen LogP contribution is 2.22. The monoisotopic (exact) mass is 474 g/mol. The number of ether oxygens (including phenoxy) is 2. The van der Waals surface area contributed by atoms with Gasteiger partial charge in [0.05, 0.1) is 6.61 Å². The topological polar surface area (TPSA) is 119 Å². The molecule has 3 N–H and O–H groups in total. The zero-order valence-corrected chi connectivity index (χ0v) is 19.2. The first-order chi connectivity index (χ1) is 17.0. The predicted molar refractivity (Wildman–Crippen MR) is 131 cm³/mol. The van der Waals surface area contributed by atoms with Crippen molar-refractivity contribution in [2.24, 2.45) is 0 Å². The highest BCUT2D eigenvalue weighted by Gasteiger charge is 2.24. The van der Waals surface area contributed by atoms with Crippen molar-refractivity contribution in [3.05, 3.63) is 78.0 Å². The van der Waals surface area contributed by atoms with Crippen LogP contribution in [-0.4, -0.2) is 42.0 Å². The van der Waals surface area contributed by atoms with E-state index in [0.29, 0.717) is 29.4 Å². The van der Waals surface area contributed by atoms with Crippen LogP contribution in [0.5, 0.6) is 5.75 Å². The Balaban J connectivity index is 1.33. The first-order valence-electron chi connectivity index (χ1n) is 11.3. The Hall–Kier alpha value is -4.40. The number of hydrogen-bond donors (Lipinski definition) is 3. The second-order valence-corrected chi connectivity index (χ2v) is 7.93. The molecule has 1 aromatic heterocycles. The lowest BCUT2D eigenvalue weighted by atomic mass is 10.2. The van der Waals surface area contributed by atoms with Crippen molar-refractivity contribution in [1.29, 1.82) is 0 Å². The number of anilines is 3. The van der Waals surface area contributed by atoms with Gasteiger partial charge in [-0.1, -0.05) is 6.07 Å². The number of nitrogens with one attached hydrogen (secondary N) is 3. The molecule has 1 saturated carbocycles. The molecular weight excluding hydrogens is 448 g/mol. The molecule has 1 heterocycles. The Bertz CT molecular complexity index is 1210. The van der Waals surface area contributed by atoms with Gasteiger partial charge in [0.25, 0.3) is 11.8 Å². The zero-order chi connectivity index (χ0) is 24.6. The summed E-state index contributed by atoms with van der Waals surface area (Å²) in [5, 5.41) is 8.62. The molecule has 0 radical (unpaired) electrons. The van der Waals surface area contributed by atoms with Gasteiger partial charge >= 0.3 is 5.97 Å². The van der Waals surface area contributed by atoms with Gasteiger partial charge < -0.3 is 25.4 Å². The summed E-state index contributed by atoms with van der Waals surface area (Å²) in [7, 11) is 0. The molecule has 0 saturated heterocycles. The van der Waals surface area contributed by atoms with Crippen LogP contribution < -0.4 is 20.7 Å². The molecule has 0 aliphatic heterocycles. The highest BCUT2D eigenvalue weighted by molar-refractivity contribution is 5.99. The van der Waals surface area contributed by atoms with Crippen molar-refractivity contribution in [3.8, 4) is 5.75 Å². The average molecular weight is 475 g/mol. The smallest absolute Gasteiger partial charge is 0.342 e. The van der Waals surface area contributed by atoms with E-state index in [1.165, 1.54) is 0 Å². The first kappa shape index (κ1) is 23.7. The second kappa shape index (κ2) is 11.1. The molecule has 2 amide bonds. The predicted octanol–water partition coefficient (Wildman–Crippen LogP) is 3.91. The molecule has 0 atom stereocenters. The van der Waals surface area contributed by atoms with Gasteiger partial charge in [-0.25, -0.2) is 9.78 Å². The Morgan fingerprint density at radius 2 is 1.80 bits per heavy atom. The van der Waals surface area contributed by atoms with Gasteiger partial charge in [0, 0.05) is 29.2 Å². The van der Waals surface area contributed by atoms with E-state index < -0.39 is 18.5 Å². The number of rotatable bonds is 10. The lowest BCUT2D eigenvalue weighted by molar-refractivity contribution is -0.119. The minimum atomic E-state index is -0.695. The number of carbonyl (C=O) groups excluding carboxylic acids is 3. The van der Waals surface area contributed by atoms with E-state index in [2.05, 4.69) is 20.9 Å². The standard InChI is InChI=1S/C26H26N4O5/c1-2-34-21-12-10-18(11-13-21)29-24-22(7-4-14-27-24)26(33)35-16-23(31)28-20-6-3-5-17(15-20)25(32)30-19-8-9-19/h3-7,10-15,19H,2,8-9,16H2,1H3,(H,27,29)(H,28,31)(H,30,32). The zero-order valence-electron chi connectivity index (χ0n) is 19.2. The summed E-state index contributed by atoms with van der Waals surface area (Å²) < 4.78 is 10.6. The van der Waals surface area contributed by atoms with Gasteiger partial charge in [0.2, 0.25) is 0 Å². The molecule has 2 aromatic carbocycles. The summed E-state index contributed by atoms with van der Waals surface area (Å²) in [6, 6.07) is 17.2. The molecule has 180 valence electrons. The van der Waals surface area contributed by atoms with Crippen LogP contribution in [0.25, 0.3) is 0 Å². The van der Waals surface area contributed by atoms with Gasteiger partial charge in [0.15, 0.2) is 6.61 Å². The van der Waals surface area contributed by atoms with Crippen molar-refractivity contribution in [2.75, 3.05) is 23.8 Å². The number of benzene rings is 2. The molecule has 1 fully saturated rings. The van der Waals surface area contributed by atoms with Crippen molar-refractivity contribution in [1.82, 2.24) is 10.3 Å². The van der Waals surface area contributed by atoms with Crippen LogP contribution >= 0.6 is 0 Å². The quantitative estimate of drug-likeness (QED) is 0.381. The Labute approximate surface area is 202 Å². The van der Waals surface area contributed by atoms with Gasteiger partial charge in [-0.2, -0.15) is 0 Å². The largest absolute Gasteiger partial charge is 0.494 e. The molecule has 9 heteroatoms. The summed E-state index contributed by atoms with van der Waals surface area (Å²) in [5.41, 5.74) is 1.79. The summed E-state index contributed by atoms with van der Waals surface area (Å²) in [6.07, 6.45) is 3.52. The number of esters is 1. The lowest BCUT2D eigenvalue weighted by Crippen LogP contribution is -2.25. The number of amides is 2. The van der Waals surface area contributed by atoms with Crippen molar-refractivity contribution in [2.45, 2.75) is 25.8 Å². The first-order valence-corrected chi connectivity index (χ1v) is 11.3. The van der Waals surface area contributed by atoms with Crippen LogP contribution in [0.15, 0.2) is 66.9 Å². The van der Waals surface area contributed by atoms with E-state index in [1.54, 1.807) is 54.7 Å². The third-order valence-electron chi connectivity index (χ3n) is 5.11. The van der Waals surface area contributed by atoms with Gasteiger partial charge in [0.1, 0.15) is 17.1 Å². The van der Waals surface area contributed by atoms with Crippen molar-refractivity contribution >= 4 is 35.0 Å². The van der Waals surface area contributed by atoms with E-state index >= 15 is 0 Å². The van der Waals surface area contributed by atoms with Crippen LogP contribution in [0.4, 0.5) is 17.2 Å². The fourth-order valence-corrected chi connectivity index (χ4v) is 3.25.